The molecule has 5 N–H and O–H groups in total. The number of amides is 2. The Labute approximate surface area is 318 Å². The molecule has 54 heavy (non-hydrogen) atoms. The van der Waals surface area contributed by atoms with Crippen LogP contribution in [-0.4, -0.2) is 118 Å². The van der Waals surface area contributed by atoms with Crippen LogP contribution in [-0.2, 0) is 38.0 Å². The number of nitrogens with one attached hydrogen (secondary N) is 2. The molecule has 0 saturated carbocycles. The van der Waals surface area contributed by atoms with Crippen molar-refractivity contribution in [1.82, 2.24) is 10.6 Å². The van der Waals surface area contributed by atoms with Crippen molar-refractivity contribution in [2.24, 2.45) is 5.92 Å². The molecule has 6 atom stereocenters. The van der Waals surface area contributed by atoms with Crippen molar-refractivity contribution in [2.45, 2.75) is 69.9 Å². The van der Waals surface area contributed by atoms with Gasteiger partial charge in [-0.2, -0.15) is 0 Å². The average Bonchev–Trinajstić information content (AvgIpc) is 3.17. The molecule has 284 valence electrons. The zero-order chi connectivity index (χ0) is 39.5. The predicted octanol–water partition coefficient (Wildman–Crippen LogP) is -1.10. The van der Waals surface area contributed by atoms with Crippen molar-refractivity contribution in [2.75, 3.05) is 59.8 Å². The summed E-state index contributed by atoms with van der Waals surface area (Å²) in [6.07, 6.45) is 4.44. The van der Waals surface area contributed by atoms with Gasteiger partial charge in [-0.25, -0.2) is 0 Å². The number of hydrogen-bond acceptors (Lipinski definition) is 11. The van der Waals surface area contributed by atoms with Gasteiger partial charge in [-0.05, 0) is 60.2 Å². The van der Waals surface area contributed by atoms with Gasteiger partial charge in [0.05, 0.1) is 39.1 Å². The third-order valence-corrected chi connectivity index (χ3v) is 6.80. The Morgan fingerprint density at radius 2 is 1.28 bits per heavy atom. The zero-order valence-corrected chi connectivity index (χ0v) is 30.3. The lowest BCUT2D eigenvalue weighted by Gasteiger charge is -2.40. The number of hydrogen-bond donors (Lipinski definition) is 5. The van der Waals surface area contributed by atoms with Gasteiger partial charge in [0.2, 0.25) is 18.1 Å². The third-order valence-electron chi connectivity index (χ3n) is 6.80. The minimum atomic E-state index is -1.18. The smallest absolute Gasteiger partial charge is 0.220 e. The summed E-state index contributed by atoms with van der Waals surface area (Å²) in [6.45, 7) is 3.75. The van der Waals surface area contributed by atoms with Crippen molar-refractivity contribution in [3.05, 3.63) is 0 Å². The van der Waals surface area contributed by atoms with E-state index in [2.05, 4.69) is 111 Å². The maximum absolute atomic E-state index is 12.1. The summed E-state index contributed by atoms with van der Waals surface area (Å²) >= 11 is 0. The molecular weight excluding hydrogens is 696 g/mol. The lowest BCUT2D eigenvalue weighted by atomic mass is 9.92. The number of aliphatic hydroxyl groups excluding tert-OH is 3. The molecule has 0 aromatic heterocycles. The van der Waals surface area contributed by atoms with Gasteiger partial charge < -0.3 is 54.4 Å². The van der Waals surface area contributed by atoms with Crippen LogP contribution in [0, 0.1) is 113 Å². The van der Waals surface area contributed by atoms with Crippen molar-refractivity contribution >= 4 is 11.8 Å². The lowest BCUT2D eigenvalue weighted by Crippen LogP contribution is -2.55. The van der Waals surface area contributed by atoms with Gasteiger partial charge in [-0.1, -0.05) is 6.92 Å². The Morgan fingerprint density at radius 3 is 1.87 bits per heavy atom. The first kappa shape index (κ1) is 46.5. The first-order valence-corrected chi connectivity index (χ1v) is 16.9. The van der Waals surface area contributed by atoms with E-state index in [1.807, 2.05) is 0 Å². The van der Waals surface area contributed by atoms with E-state index in [1.165, 1.54) is 7.11 Å². The van der Waals surface area contributed by atoms with Crippen molar-refractivity contribution in [1.29, 1.82) is 0 Å². The van der Waals surface area contributed by atoms with Crippen LogP contribution in [0.4, 0.5) is 0 Å². The molecule has 6 unspecified atom stereocenters. The van der Waals surface area contributed by atoms with Gasteiger partial charge in [0.1, 0.15) is 18.3 Å². The Balaban J connectivity index is 2.04. The van der Waals surface area contributed by atoms with Gasteiger partial charge in [-0.15, -0.1) is 6.42 Å². The second kappa shape index (κ2) is 32.1. The molecule has 13 nitrogen and oxygen atoms in total. The first-order valence-electron chi connectivity index (χ1n) is 16.9. The van der Waals surface area contributed by atoms with Crippen molar-refractivity contribution in [3.8, 4) is 107 Å². The Bertz CT molecular complexity index is 1730. The van der Waals surface area contributed by atoms with Gasteiger partial charge in [0, 0.05) is 99.4 Å². The lowest BCUT2D eigenvalue weighted by molar-refractivity contribution is -0.282. The Kier molecular flexibility index (Phi) is 27.7. The van der Waals surface area contributed by atoms with Crippen LogP contribution >= 0.6 is 0 Å². The molecule has 1 fully saturated rings. The van der Waals surface area contributed by atoms with Crippen LogP contribution in [0.3, 0.4) is 0 Å². The molecule has 0 aromatic rings. The molecule has 2 amide bonds. The standard InChI is InChI=1S/C41H44N2O11/c1-4-5-6-7-8-9-10-11-12-13-14-15-16-17-18-19-28-52-38(49-3)24-23-37(46)43-26-30-51-32-31-50-27-21-25-42-36(45)22-20-29-53-41-34(2)39(47)40(48)35(33-44)54-41/h1,34-35,38-41,44,47-48H,20-27,29-33H2,2-3H3,(H,42,45)(H,43,46). The van der Waals surface area contributed by atoms with Crippen LogP contribution in [0.25, 0.3) is 0 Å². The fourth-order valence-electron chi connectivity index (χ4n) is 4.04. The summed E-state index contributed by atoms with van der Waals surface area (Å²) < 4.78 is 32.5. The average molecular weight is 741 g/mol. The second-order valence-electron chi connectivity index (χ2n) is 10.8. The summed E-state index contributed by atoms with van der Waals surface area (Å²) in [4.78, 5) is 24.1. The quantitative estimate of drug-likeness (QED) is 0.0550. The maximum atomic E-state index is 12.1. The van der Waals surface area contributed by atoms with E-state index in [0.717, 1.165) is 0 Å². The molecule has 0 spiro atoms. The summed E-state index contributed by atoms with van der Waals surface area (Å²) in [5.41, 5.74) is 0. The van der Waals surface area contributed by atoms with Crippen LogP contribution < -0.4 is 10.6 Å². The molecule has 1 heterocycles. The number of methoxy groups -OCH3 is 1. The monoisotopic (exact) mass is 740 g/mol. The third kappa shape index (κ3) is 23.8. The molecule has 0 bridgehead atoms. The van der Waals surface area contributed by atoms with Gasteiger partial charge >= 0.3 is 0 Å². The summed E-state index contributed by atoms with van der Waals surface area (Å²) in [5, 5.41) is 34.8. The second-order valence-corrected chi connectivity index (χ2v) is 10.8. The van der Waals surface area contributed by atoms with Crippen LogP contribution in [0.5, 0.6) is 0 Å². The van der Waals surface area contributed by atoms with Crippen LogP contribution in [0.1, 0.15) is 39.0 Å². The van der Waals surface area contributed by atoms with Gasteiger partial charge in [0.25, 0.3) is 0 Å². The van der Waals surface area contributed by atoms with Crippen LogP contribution in [0.2, 0.25) is 0 Å². The van der Waals surface area contributed by atoms with E-state index in [-0.39, 0.29) is 37.7 Å². The molecular formula is C41H44N2O11. The van der Waals surface area contributed by atoms with Gasteiger partial charge in [-0.3, -0.25) is 9.59 Å². The van der Waals surface area contributed by atoms with E-state index in [4.69, 9.17) is 34.8 Å². The number of aliphatic hydroxyl groups is 3. The van der Waals surface area contributed by atoms with Crippen molar-refractivity contribution < 1.29 is 53.3 Å². The molecule has 1 saturated heterocycles. The maximum Gasteiger partial charge on any atom is 0.220 e. The highest BCUT2D eigenvalue weighted by Gasteiger charge is 2.42. The highest BCUT2D eigenvalue weighted by atomic mass is 16.7. The molecule has 1 rings (SSSR count). The van der Waals surface area contributed by atoms with E-state index in [1.54, 1.807) is 6.92 Å². The fourth-order valence-corrected chi connectivity index (χ4v) is 4.04. The number of rotatable bonds is 21. The molecule has 1 aliphatic rings. The van der Waals surface area contributed by atoms with E-state index >= 15 is 0 Å². The van der Waals surface area contributed by atoms with E-state index in [9.17, 15) is 24.9 Å². The van der Waals surface area contributed by atoms with Crippen LogP contribution in [0.15, 0.2) is 0 Å². The predicted molar refractivity (Wildman–Crippen MR) is 197 cm³/mol. The zero-order valence-electron chi connectivity index (χ0n) is 30.3. The number of carbonyl (C=O) groups excluding carboxylic acids is 2. The van der Waals surface area contributed by atoms with E-state index in [0.29, 0.717) is 52.4 Å². The summed E-state index contributed by atoms with van der Waals surface area (Å²) in [6, 6.07) is 0. The molecule has 0 radical (unpaired) electrons. The first-order chi connectivity index (χ1) is 26.3. The molecule has 13 heteroatoms. The Hall–Kier alpha value is -5.54. The summed E-state index contributed by atoms with van der Waals surface area (Å²) in [7, 11) is 1.44. The highest BCUT2D eigenvalue weighted by Crippen LogP contribution is 2.26. The van der Waals surface area contributed by atoms with E-state index < -0.39 is 43.4 Å². The summed E-state index contributed by atoms with van der Waals surface area (Å²) in [5.74, 6) is 38.3. The normalized spacial score (nSPS) is 18.0. The number of terminal acetylenes is 1. The molecule has 0 aliphatic carbocycles. The largest absolute Gasteiger partial charge is 0.414 e. The van der Waals surface area contributed by atoms with Crippen molar-refractivity contribution in [3.63, 3.8) is 0 Å². The minimum Gasteiger partial charge on any atom is -0.414 e. The number of carbonyl (C=O) groups is 2. The topological polar surface area (TPSA) is 174 Å². The Morgan fingerprint density at radius 1 is 0.722 bits per heavy atom. The number of ether oxygens (including phenoxy) is 6. The minimum absolute atomic E-state index is 0.126. The molecule has 0 aromatic carbocycles. The fraction of sp³-hybridized carbons (Fsp3) is 0.512. The van der Waals surface area contributed by atoms with Gasteiger partial charge in [0.15, 0.2) is 6.29 Å². The SMILES string of the molecule is C#CC#CC#CC#CC#CC#CC#CC#CC#COC(CCC(=O)NCCOCCOCCCNC(=O)CCCOC1OC(CO)C(O)C(O)C1C)OC. The molecule has 1 aliphatic heterocycles. The highest BCUT2D eigenvalue weighted by molar-refractivity contribution is 5.76.